The zero-order chi connectivity index (χ0) is 51.7. The summed E-state index contributed by atoms with van der Waals surface area (Å²) < 4.78 is 83.9. The summed E-state index contributed by atoms with van der Waals surface area (Å²) in [7, 11) is 8.37. The van der Waals surface area contributed by atoms with E-state index >= 15 is 0 Å². The van der Waals surface area contributed by atoms with E-state index in [1.54, 1.807) is 6.07 Å². The minimum Gasteiger partial charge on any atom is -0.374 e. The number of halogens is 8. The minimum atomic E-state index is -4.28. The Labute approximate surface area is 426 Å². The maximum absolute atomic E-state index is 13.0. The Morgan fingerprint density at radius 3 is 1.54 bits per heavy atom. The first-order valence-corrected chi connectivity index (χ1v) is 26.5. The number of likely N-dealkylation sites (N-methyl/N-ethyl adjacent to an activating group) is 2. The van der Waals surface area contributed by atoms with Gasteiger partial charge in [0, 0.05) is 51.8 Å². The Balaban J connectivity index is 0.000000196. The van der Waals surface area contributed by atoms with E-state index in [9.17, 15) is 26.3 Å². The van der Waals surface area contributed by atoms with Crippen LogP contribution in [-0.4, -0.2) is 110 Å². The van der Waals surface area contributed by atoms with Crippen LogP contribution in [0.2, 0.25) is 10.0 Å². The first kappa shape index (κ1) is 58.5. The van der Waals surface area contributed by atoms with E-state index < -0.39 is 23.5 Å². The van der Waals surface area contributed by atoms with E-state index in [1.165, 1.54) is 55.5 Å². The Bertz CT molecular complexity index is 2030. The summed E-state index contributed by atoms with van der Waals surface area (Å²) in [6, 6.07) is 20.3. The van der Waals surface area contributed by atoms with Crippen LogP contribution in [0.5, 0.6) is 0 Å². The molecule has 0 spiro atoms. The molecule has 4 aliphatic rings. The smallest absolute Gasteiger partial charge is 0.374 e. The Kier molecular flexibility index (Phi) is 21.5. The number of hydrogen-bond donors (Lipinski definition) is 2. The summed E-state index contributed by atoms with van der Waals surface area (Å²) in [6.07, 6.45) is 3.22. The molecule has 3 saturated carbocycles. The van der Waals surface area contributed by atoms with E-state index in [0.717, 1.165) is 85.3 Å². The average molecular weight is 1030 g/mol. The van der Waals surface area contributed by atoms with Gasteiger partial charge in [0.1, 0.15) is 0 Å². The van der Waals surface area contributed by atoms with Crippen molar-refractivity contribution in [2.24, 2.45) is 0 Å². The van der Waals surface area contributed by atoms with Crippen LogP contribution < -0.4 is 10.6 Å². The predicted molar refractivity (Wildman–Crippen MR) is 277 cm³/mol. The second-order valence-corrected chi connectivity index (χ2v) is 23.4. The molecule has 0 amide bonds. The van der Waals surface area contributed by atoms with Crippen molar-refractivity contribution in [3.8, 4) is 0 Å². The molecule has 2 N–H and O–H groups in total. The summed E-state index contributed by atoms with van der Waals surface area (Å²) in [6.45, 7) is 17.3. The molecule has 70 heavy (non-hydrogen) atoms. The molecule has 0 unspecified atom stereocenters. The molecule has 1 saturated heterocycles. The molecule has 0 radical (unpaired) electrons. The fourth-order valence-electron chi connectivity index (χ4n) is 11.5. The lowest BCUT2D eigenvalue weighted by Crippen LogP contribution is -2.55. The molecule has 9 atom stereocenters. The van der Waals surface area contributed by atoms with Crippen LogP contribution in [0.3, 0.4) is 0 Å². The standard InChI is InChI=1S/C20H29F3N2.C18H28Cl2N2.C18H26F3NO/c1-14(2)24-18-9-8-16(13-19(18)25-10-3-4-11-25)15-6-5-7-17(12-15)20(21,22)23;1-18(2,3)21-16-7-6-12(10-17(16)22(4)5)13-8-14(19)11-15(20)9-13;1-12(2)23-17-9-8-14(11-16(17)22(3)4)13-6-5-7-15(10-13)18(19,20)21/h5-7,12,14,16,18-19,24H,3-4,8-11,13H2,1-2H3;8-9,11-12,16-17,21H,6-7,10H2,1-5H3;5-7,10,12,14,16-17H,8-9,11H2,1-4H3/t16-,18-,19-;12-,16-,17-;14-,16-,17-/m000/s1. The van der Waals surface area contributed by atoms with Crippen molar-refractivity contribution >= 4 is 23.2 Å². The molecule has 6 nitrogen and oxygen atoms in total. The number of rotatable bonds is 11. The largest absolute Gasteiger partial charge is 0.416 e. The monoisotopic (exact) mass is 1030 g/mol. The van der Waals surface area contributed by atoms with Gasteiger partial charge in [0.2, 0.25) is 0 Å². The molecule has 3 aromatic rings. The molecule has 1 heterocycles. The molecule has 3 aliphatic carbocycles. The van der Waals surface area contributed by atoms with Crippen LogP contribution in [0.15, 0.2) is 66.7 Å². The summed E-state index contributed by atoms with van der Waals surface area (Å²) in [5.74, 6) is 0.899. The average Bonchev–Trinajstić information content (AvgIpc) is 3.81. The number of benzene rings is 3. The van der Waals surface area contributed by atoms with Gasteiger partial charge in [0.25, 0.3) is 0 Å². The third-order valence-corrected chi connectivity index (χ3v) is 15.1. The maximum Gasteiger partial charge on any atom is 0.416 e. The van der Waals surface area contributed by atoms with Gasteiger partial charge in [-0.25, -0.2) is 0 Å². The van der Waals surface area contributed by atoms with Crippen molar-refractivity contribution in [2.45, 2.75) is 203 Å². The normalized spacial score (nSPS) is 27.1. The van der Waals surface area contributed by atoms with Crippen LogP contribution in [0.25, 0.3) is 0 Å². The van der Waals surface area contributed by atoms with Crippen LogP contribution in [-0.2, 0) is 17.1 Å². The van der Waals surface area contributed by atoms with Gasteiger partial charge in [0.15, 0.2) is 0 Å². The van der Waals surface area contributed by atoms with Crippen molar-refractivity contribution in [1.29, 1.82) is 0 Å². The number of alkyl halides is 6. The summed E-state index contributed by atoms with van der Waals surface area (Å²) in [5.41, 5.74) is 1.97. The molecular formula is C56H83Cl2F6N5O. The molecule has 4 fully saturated rings. The number of ether oxygens (including phenoxy) is 1. The molecule has 394 valence electrons. The second kappa shape index (κ2) is 25.7. The number of nitrogens with zero attached hydrogens (tertiary/aromatic N) is 3. The van der Waals surface area contributed by atoms with Crippen molar-refractivity contribution in [3.05, 3.63) is 105 Å². The SMILES string of the molecule is CC(C)N[C@H]1CC[C@H](c2cccc(C(F)(F)F)c2)C[C@@H]1N1CCCC1.CC(C)O[C@H]1CC[C@H](c2cccc(C(F)(F)F)c2)C[C@@H]1N(C)C.CN(C)[C@H]1C[C@@H](c2cc(Cl)cc(Cl)c2)CC[C@@H]1NC(C)(C)C. The van der Waals surface area contributed by atoms with E-state index in [0.29, 0.717) is 36.1 Å². The molecule has 14 heteroatoms. The van der Waals surface area contributed by atoms with Crippen LogP contribution >= 0.6 is 23.2 Å². The van der Waals surface area contributed by atoms with Crippen LogP contribution in [0.1, 0.15) is 165 Å². The van der Waals surface area contributed by atoms with Gasteiger partial charge in [-0.05, 0) is 211 Å². The first-order chi connectivity index (χ1) is 32.7. The lowest BCUT2D eigenvalue weighted by atomic mass is 9.77. The Morgan fingerprint density at radius 2 is 1.07 bits per heavy atom. The zero-order valence-electron chi connectivity index (χ0n) is 43.7. The highest BCUT2D eigenvalue weighted by Gasteiger charge is 2.39. The predicted octanol–water partition coefficient (Wildman–Crippen LogP) is 14.4. The highest BCUT2D eigenvalue weighted by atomic mass is 35.5. The zero-order valence-corrected chi connectivity index (χ0v) is 45.2. The second-order valence-electron chi connectivity index (χ2n) is 22.5. The number of likely N-dealkylation sites (tertiary alicyclic amines) is 1. The lowest BCUT2D eigenvalue weighted by molar-refractivity contribution is -0.138. The van der Waals surface area contributed by atoms with Crippen molar-refractivity contribution in [2.75, 3.05) is 41.3 Å². The third kappa shape index (κ3) is 17.6. The Hall–Kier alpha value is -2.42. The quantitative estimate of drug-likeness (QED) is 0.187. The topological polar surface area (TPSA) is 43.0 Å². The minimum absolute atomic E-state index is 0.144. The van der Waals surface area contributed by atoms with Crippen LogP contribution in [0.4, 0.5) is 26.3 Å². The molecular weight excluding hydrogens is 944 g/mol. The molecule has 3 aromatic carbocycles. The summed E-state index contributed by atoms with van der Waals surface area (Å²) in [4.78, 5) is 7.04. The molecule has 7 rings (SSSR count). The van der Waals surface area contributed by atoms with Gasteiger partial charge in [-0.2, -0.15) is 26.3 Å². The van der Waals surface area contributed by atoms with E-state index in [2.05, 4.69) is 86.2 Å². The molecule has 1 aliphatic heterocycles. The maximum atomic E-state index is 13.0. The molecule has 0 aromatic heterocycles. The first-order valence-electron chi connectivity index (χ1n) is 25.7. The highest BCUT2D eigenvalue weighted by molar-refractivity contribution is 6.34. The van der Waals surface area contributed by atoms with Gasteiger partial charge in [-0.3, -0.25) is 4.90 Å². The van der Waals surface area contributed by atoms with Crippen molar-refractivity contribution in [3.63, 3.8) is 0 Å². The fraction of sp³-hybridized carbons (Fsp3) is 0.679. The van der Waals surface area contributed by atoms with Gasteiger partial charge in [0.05, 0.1) is 23.3 Å². The third-order valence-electron chi connectivity index (χ3n) is 14.7. The number of hydrogen-bond acceptors (Lipinski definition) is 6. The van der Waals surface area contributed by atoms with Gasteiger partial charge in [-0.15, -0.1) is 0 Å². The van der Waals surface area contributed by atoms with Crippen LogP contribution in [0, 0.1) is 0 Å². The van der Waals surface area contributed by atoms with Gasteiger partial charge in [-0.1, -0.05) is 73.4 Å². The fourth-order valence-corrected chi connectivity index (χ4v) is 12.1. The van der Waals surface area contributed by atoms with E-state index in [-0.39, 0.29) is 35.6 Å². The van der Waals surface area contributed by atoms with E-state index in [1.807, 2.05) is 46.1 Å². The number of nitrogens with one attached hydrogen (secondary N) is 2. The lowest BCUT2D eigenvalue weighted by Gasteiger charge is -2.43. The van der Waals surface area contributed by atoms with Crippen molar-refractivity contribution < 1.29 is 31.1 Å². The van der Waals surface area contributed by atoms with E-state index in [4.69, 9.17) is 27.9 Å². The summed E-state index contributed by atoms with van der Waals surface area (Å²) in [5, 5.41) is 8.96. The van der Waals surface area contributed by atoms with Crippen molar-refractivity contribution in [1.82, 2.24) is 25.3 Å². The molecule has 0 bridgehead atoms. The Morgan fingerprint density at radius 1 is 0.600 bits per heavy atom. The van der Waals surface area contributed by atoms with Gasteiger partial charge < -0.3 is 25.2 Å². The summed E-state index contributed by atoms with van der Waals surface area (Å²) >= 11 is 12.4. The van der Waals surface area contributed by atoms with Gasteiger partial charge >= 0.3 is 12.4 Å². The highest BCUT2D eigenvalue weighted by Crippen LogP contribution is 2.41.